The Kier molecular flexibility index (Phi) is 9.06. The molecule has 2 fully saturated rings. The number of hydrogen-bond acceptors (Lipinski definition) is 5. The van der Waals surface area contributed by atoms with Crippen molar-refractivity contribution in [1.29, 1.82) is 0 Å². The van der Waals surface area contributed by atoms with Gasteiger partial charge in [0.15, 0.2) is 0 Å². The third-order valence-corrected chi connectivity index (χ3v) is 10.4. The molecule has 248 valence electrons. The third kappa shape index (κ3) is 6.36. The van der Waals surface area contributed by atoms with Gasteiger partial charge in [-0.25, -0.2) is 9.59 Å². The van der Waals surface area contributed by atoms with E-state index in [1.807, 2.05) is 12.1 Å². The predicted octanol–water partition coefficient (Wildman–Crippen LogP) is 8.31. The van der Waals surface area contributed by atoms with Crippen molar-refractivity contribution < 1.29 is 24.2 Å². The monoisotopic (exact) mass is 645 g/mol. The number of amides is 1. The summed E-state index contributed by atoms with van der Waals surface area (Å²) in [6.45, 7) is 1.80. The Bertz CT molecular complexity index is 1860. The van der Waals surface area contributed by atoms with Crippen molar-refractivity contribution >= 4 is 40.5 Å². The van der Waals surface area contributed by atoms with E-state index in [0.717, 1.165) is 56.1 Å². The second-order valence-electron chi connectivity index (χ2n) is 13.5. The molecule has 0 atom stereocenters. The van der Waals surface area contributed by atoms with E-state index in [2.05, 4.69) is 45.5 Å². The molecular weight excluding hydrogens is 602 g/mol. The van der Waals surface area contributed by atoms with Crippen LogP contribution in [0.25, 0.3) is 28.2 Å². The first-order valence-corrected chi connectivity index (χ1v) is 17.5. The van der Waals surface area contributed by atoms with Crippen LogP contribution in [0.15, 0.2) is 72.8 Å². The number of nitrogens with one attached hydrogen (secondary N) is 2. The summed E-state index contributed by atoms with van der Waals surface area (Å²) < 4.78 is 8.26. The maximum absolute atomic E-state index is 14.0. The number of esters is 1. The van der Waals surface area contributed by atoms with Crippen LogP contribution in [0.1, 0.15) is 98.0 Å². The predicted molar refractivity (Wildman–Crippen MR) is 188 cm³/mol. The lowest BCUT2D eigenvalue weighted by Crippen LogP contribution is -2.54. The number of aryl methyl sites for hydroxylation is 1. The summed E-state index contributed by atoms with van der Waals surface area (Å²) in [4.78, 5) is 38.5. The Morgan fingerprint density at radius 2 is 1.67 bits per heavy atom. The molecule has 48 heavy (non-hydrogen) atoms. The molecule has 2 saturated carbocycles. The lowest BCUT2D eigenvalue weighted by molar-refractivity contribution is -0.141. The van der Waals surface area contributed by atoms with Crippen LogP contribution in [0.4, 0.5) is 5.69 Å². The summed E-state index contributed by atoms with van der Waals surface area (Å²) in [7, 11) is 0. The molecule has 1 aromatic heterocycles. The largest absolute Gasteiger partial charge is 0.478 e. The van der Waals surface area contributed by atoms with Crippen LogP contribution in [0.2, 0.25) is 0 Å². The van der Waals surface area contributed by atoms with Crippen molar-refractivity contribution in [3.8, 4) is 17.0 Å². The first kappa shape index (κ1) is 31.7. The number of anilines is 1. The van der Waals surface area contributed by atoms with Crippen molar-refractivity contribution in [2.75, 3.05) is 11.9 Å². The maximum Gasteiger partial charge on any atom is 0.337 e. The molecule has 1 aliphatic heterocycles. The number of para-hydroxylation sites is 1. The summed E-state index contributed by atoms with van der Waals surface area (Å²) in [5, 5.41) is 16.9. The number of ether oxygens (including phenoxy) is 1. The normalized spacial score (nSPS) is 17.8. The molecule has 2 heterocycles. The standard InChI is InChI=1S/C40H43N3O5/c44-35(45)21-16-27-14-18-30(19-15-27)48-39(47)40(22-6-7-23-40)42-38(46)29-17-20-32-34(26-29)43-25-9-8-24-41-33-13-5-4-12-31(33)37(43)36(32)28-10-2-1-3-11-28/h4-5,12-21,26,28,41H,1-3,6-11,22-25H2,(H,42,46)(H,44,45)/b21-16+. The first-order chi connectivity index (χ1) is 23.4. The molecule has 1 amide bonds. The molecule has 4 aromatic rings. The van der Waals surface area contributed by atoms with Gasteiger partial charge in [-0.1, -0.05) is 68.5 Å². The molecule has 0 saturated heterocycles. The van der Waals surface area contributed by atoms with E-state index in [0.29, 0.717) is 35.6 Å². The summed E-state index contributed by atoms with van der Waals surface area (Å²) in [6, 6.07) is 21.4. The SMILES string of the molecule is O=C(O)/C=C/c1ccc(OC(=O)C2(NC(=O)c3ccc4c(C5CCCCC5)c5n(c4c3)CCCCNc3ccccc3-5)CCCC2)cc1. The van der Waals surface area contributed by atoms with Crippen LogP contribution in [-0.2, 0) is 16.1 Å². The zero-order valence-corrected chi connectivity index (χ0v) is 27.3. The number of carboxylic acids is 1. The smallest absolute Gasteiger partial charge is 0.337 e. The number of fused-ring (bicyclic) bond motifs is 5. The van der Waals surface area contributed by atoms with Crippen molar-refractivity contribution in [3.63, 3.8) is 0 Å². The van der Waals surface area contributed by atoms with Crippen molar-refractivity contribution in [3.05, 3.63) is 89.5 Å². The second kappa shape index (κ2) is 13.7. The number of carboxylic acid groups (broad SMARTS) is 1. The van der Waals surface area contributed by atoms with Crippen LogP contribution >= 0.6 is 0 Å². The van der Waals surface area contributed by atoms with Crippen LogP contribution in [-0.4, -0.2) is 39.6 Å². The highest BCUT2D eigenvalue weighted by Gasteiger charge is 2.44. The zero-order chi connectivity index (χ0) is 33.1. The molecule has 0 radical (unpaired) electrons. The molecule has 8 heteroatoms. The van der Waals surface area contributed by atoms with Gasteiger partial charge in [0.25, 0.3) is 5.91 Å². The molecule has 7 rings (SSSR count). The van der Waals surface area contributed by atoms with E-state index in [9.17, 15) is 14.4 Å². The Morgan fingerprint density at radius 1 is 0.896 bits per heavy atom. The second-order valence-corrected chi connectivity index (χ2v) is 13.5. The van der Waals surface area contributed by atoms with Crippen LogP contribution in [0.3, 0.4) is 0 Å². The number of aliphatic carboxylic acids is 1. The number of aromatic nitrogens is 1. The third-order valence-electron chi connectivity index (χ3n) is 10.4. The highest BCUT2D eigenvalue weighted by atomic mass is 16.5. The van der Waals surface area contributed by atoms with Gasteiger partial charge in [-0.05, 0) is 92.0 Å². The highest BCUT2D eigenvalue weighted by Crippen LogP contribution is 2.46. The number of benzene rings is 3. The topological polar surface area (TPSA) is 110 Å². The molecule has 0 spiro atoms. The maximum atomic E-state index is 14.0. The Morgan fingerprint density at radius 3 is 2.44 bits per heavy atom. The minimum atomic E-state index is -1.11. The number of hydrogen-bond donors (Lipinski definition) is 3. The lowest BCUT2D eigenvalue weighted by atomic mass is 9.81. The van der Waals surface area contributed by atoms with Crippen LogP contribution < -0.4 is 15.4 Å². The number of nitrogens with zero attached hydrogens (tertiary/aromatic N) is 1. The molecule has 2 aliphatic carbocycles. The fourth-order valence-electron chi connectivity index (χ4n) is 7.97. The van der Waals surface area contributed by atoms with Gasteiger partial charge in [-0.15, -0.1) is 0 Å². The molecular formula is C40H43N3O5. The first-order valence-electron chi connectivity index (χ1n) is 17.5. The van der Waals surface area contributed by atoms with E-state index < -0.39 is 17.5 Å². The Labute approximate surface area is 281 Å². The molecule has 3 aromatic carbocycles. The average molecular weight is 646 g/mol. The van der Waals surface area contributed by atoms with Gasteiger partial charge in [0.05, 0.1) is 5.69 Å². The highest BCUT2D eigenvalue weighted by molar-refractivity contribution is 6.03. The van der Waals surface area contributed by atoms with Crippen molar-refractivity contribution in [2.45, 2.75) is 88.6 Å². The van der Waals surface area contributed by atoms with Gasteiger partial charge in [0.1, 0.15) is 11.3 Å². The van der Waals surface area contributed by atoms with Crippen molar-refractivity contribution in [1.82, 2.24) is 9.88 Å². The average Bonchev–Trinajstić information content (AvgIpc) is 3.73. The van der Waals surface area contributed by atoms with Crippen LogP contribution in [0.5, 0.6) is 5.75 Å². The van der Waals surface area contributed by atoms with E-state index in [-0.39, 0.29) is 5.91 Å². The summed E-state index contributed by atoms with van der Waals surface area (Å²) in [5.74, 6) is -0.957. The van der Waals surface area contributed by atoms with Crippen molar-refractivity contribution in [2.24, 2.45) is 0 Å². The minimum Gasteiger partial charge on any atom is -0.478 e. The van der Waals surface area contributed by atoms with E-state index in [4.69, 9.17) is 9.84 Å². The van der Waals surface area contributed by atoms with E-state index in [1.54, 1.807) is 24.3 Å². The molecule has 3 aliphatic rings. The lowest BCUT2D eigenvalue weighted by Gasteiger charge is -2.28. The molecule has 3 N–H and O–H groups in total. The quantitative estimate of drug-likeness (QED) is 0.106. The summed E-state index contributed by atoms with van der Waals surface area (Å²) in [5.41, 5.74) is 6.25. The molecule has 8 nitrogen and oxygen atoms in total. The molecule has 0 unspecified atom stereocenters. The Hall–Kier alpha value is -4.85. The number of rotatable bonds is 7. The fourth-order valence-corrected chi connectivity index (χ4v) is 7.97. The number of carbonyl (C=O) groups excluding carboxylic acids is 2. The summed E-state index contributed by atoms with van der Waals surface area (Å²) >= 11 is 0. The fraction of sp³-hybridized carbons (Fsp3) is 0.375. The number of carbonyl (C=O) groups is 3. The van der Waals surface area contributed by atoms with Gasteiger partial charge >= 0.3 is 11.9 Å². The van der Waals surface area contributed by atoms with E-state index >= 15 is 0 Å². The minimum absolute atomic E-state index is 0.273. The van der Waals surface area contributed by atoms with Gasteiger partial charge in [0.2, 0.25) is 0 Å². The molecule has 0 bridgehead atoms. The summed E-state index contributed by atoms with van der Waals surface area (Å²) in [6.07, 6.45) is 13.4. The van der Waals surface area contributed by atoms with Gasteiger partial charge in [0, 0.05) is 46.9 Å². The van der Waals surface area contributed by atoms with Gasteiger partial charge < -0.3 is 25.0 Å². The van der Waals surface area contributed by atoms with Gasteiger partial charge in [-0.2, -0.15) is 0 Å². The Balaban J connectivity index is 1.21. The van der Waals surface area contributed by atoms with Gasteiger partial charge in [-0.3, -0.25) is 4.79 Å². The van der Waals surface area contributed by atoms with E-state index in [1.165, 1.54) is 60.4 Å². The zero-order valence-electron chi connectivity index (χ0n) is 27.3. The van der Waals surface area contributed by atoms with Crippen LogP contribution in [0, 0.1) is 0 Å².